The number of aromatic nitrogens is 5. The molecule has 3 rings (SSSR count). The molecule has 0 atom stereocenters. The Kier molecular flexibility index (Phi) is 1.92. The number of nitrogens with zero attached hydrogens (tertiary/aromatic N) is 5. The average Bonchev–Trinajstić information content (AvgIpc) is 2.87. The van der Waals surface area contributed by atoms with Crippen LogP contribution in [0.5, 0.6) is 0 Å². The molecule has 74 valence electrons. The summed E-state index contributed by atoms with van der Waals surface area (Å²) in [7, 11) is 0. The third-order valence-corrected chi connectivity index (χ3v) is 2.72. The van der Waals surface area contributed by atoms with E-state index in [9.17, 15) is 0 Å². The average molecular weight is 217 g/mol. The molecule has 2 aromatic heterocycles. The van der Waals surface area contributed by atoms with Crippen LogP contribution in [0.2, 0.25) is 0 Å². The lowest BCUT2D eigenvalue weighted by Crippen LogP contribution is -2.01. The summed E-state index contributed by atoms with van der Waals surface area (Å²) in [6.45, 7) is 0.683. The topological polar surface area (TPSA) is 56.5 Å². The molecular formula is C9H7N5S. The molecule has 0 aliphatic carbocycles. The molecule has 3 aromatic rings. The third kappa shape index (κ3) is 1.48. The molecule has 0 unspecified atom stereocenters. The van der Waals surface area contributed by atoms with Gasteiger partial charge in [0.15, 0.2) is 0 Å². The van der Waals surface area contributed by atoms with E-state index < -0.39 is 0 Å². The van der Waals surface area contributed by atoms with E-state index in [0.717, 1.165) is 16.6 Å². The maximum Gasteiger partial charge on any atom is 0.109 e. The first-order chi connectivity index (χ1) is 7.43. The molecule has 5 nitrogen and oxygen atoms in total. The SMILES string of the molecule is c1cc(Cn2ccnn2)c2nsnc2c1. The van der Waals surface area contributed by atoms with Gasteiger partial charge in [-0.3, -0.25) is 0 Å². The molecule has 1 aromatic carbocycles. The first kappa shape index (κ1) is 8.49. The summed E-state index contributed by atoms with van der Waals surface area (Å²) in [5.74, 6) is 0. The van der Waals surface area contributed by atoms with Crippen LogP contribution in [-0.2, 0) is 6.54 Å². The van der Waals surface area contributed by atoms with Crippen molar-refractivity contribution < 1.29 is 0 Å². The minimum Gasteiger partial charge on any atom is -0.248 e. The van der Waals surface area contributed by atoms with Gasteiger partial charge in [-0.2, -0.15) is 8.75 Å². The van der Waals surface area contributed by atoms with Crippen molar-refractivity contribution in [3.8, 4) is 0 Å². The highest BCUT2D eigenvalue weighted by molar-refractivity contribution is 7.00. The molecule has 0 saturated heterocycles. The molecule has 0 aliphatic heterocycles. The summed E-state index contributed by atoms with van der Waals surface area (Å²) in [6.07, 6.45) is 3.50. The van der Waals surface area contributed by atoms with Gasteiger partial charge in [0.25, 0.3) is 0 Å². The fourth-order valence-corrected chi connectivity index (χ4v) is 2.05. The van der Waals surface area contributed by atoms with Crippen LogP contribution in [0.4, 0.5) is 0 Å². The zero-order valence-corrected chi connectivity index (χ0v) is 8.55. The van der Waals surface area contributed by atoms with E-state index >= 15 is 0 Å². The van der Waals surface area contributed by atoms with E-state index in [1.165, 1.54) is 11.7 Å². The highest BCUT2D eigenvalue weighted by Crippen LogP contribution is 2.16. The van der Waals surface area contributed by atoms with E-state index in [-0.39, 0.29) is 0 Å². The van der Waals surface area contributed by atoms with Crippen molar-refractivity contribution in [3.63, 3.8) is 0 Å². The highest BCUT2D eigenvalue weighted by atomic mass is 32.1. The van der Waals surface area contributed by atoms with Crippen LogP contribution < -0.4 is 0 Å². The highest BCUT2D eigenvalue weighted by Gasteiger charge is 2.05. The van der Waals surface area contributed by atoms with Crippen molar-refractivity contribution >= 4 is 22.8 Å². The zero-order valence-electron chi connectivity index (χ0n) is 7.74. The number of benzene rings is 1. The monoisotopic (exact) mass is 217 g/mol. The van der Waals surface area contributed by atoms with E-state index in [0.29, 0.717) is 6.54 Å². The van der Waals surface area contributed by atoms with Crippen molar-refractivity contribution in [2.75, 3.05) is 0 Å². The summed E-state index contributed by atoms with van der Waals surface area (Å²) < 4.78 is 10.2. The Hall–Kier alpha value is -1.82. The van der Waals surface area contributed by atoms with Gasteiger partial charge in [-0.1, -0.05) is 17.3 Å². The Morgan fingerprint density at radius 2 is 2.27 bits per heavy atom. The summed E-state index contributed by atoms with van der Waals surface area (Å²) in [5.41, 5.74) is 3.02. The Morgan fingerprint density at radius 1 is 1.27 bits per heavy atom. The quantitative estimate of drug-likeness (QED) is 0.649. The van der Waals surface area contributed by atoms with Crippen LogP contribution in [0.3, 0.4) is 0 Å². The fourth-order valence-electron chi connectivity index (χ4n) is 1.48. The summed E-state index contributed by atoms with van der Waals surface area (Å²) in [5, 5.41) is 7.69. The van der Waals surface area contributed by atoms with Crippen LogP contribution in [0.15, 0.2) is 30.6 Å². The molecule has 0 amide bonds. The fraction of sp³-hybridized carbons (Fsp3) is 0.111. The maximum absolute atomic E-state index is 4.27. The Morgan fingerprint density at radius 3 is 3.13 bits per heavy atom. The minimum absolute atomic E-state index is 0.683. The van der Waals surface area contributed by atoms with E-state index in [2.05, 4.69) is 19.1 Å². The van der Waals surface area contributed by atoms with Gasteiger partial charge in [0.05, 0.1) is 24.5 Å². The first-order valence-corrected chi connectivity index (χ1v) is 5.21. The maximum atomic E-state index is 4.27. The van der Waals surface area contributed by atoms with Crippen LogP contribution in [0.1, 0.15) is 5.56 Å². The number of rotatable bonds is 2. The molecule has 0 aliphatic rings. The first-order valence-electron chi connectivity index (χ1n) is 4.48. The number of fused-ring (bicyclic) bond motifs is 1. The Labute approximate surface area is 89.7 Å². The zero-order chi connectivity index (χ0) is 10.1. The van der Waals surface area contributed by atoms with Gasteiger partial charge < -0.3 is 0 Å². The van der Waals surface area contributed by atoms with E-state index in [1.54, 1.807) is 10.9 Å². The van der Waals surface area contributed by atoms with Gasteiger partial charge in [0.1, 0.15) is 11.0 Å². The summed E-state index contributed by atoms with van der Waals surface area (Å²) in [6, 6.07) is 5.98. The van der Waals surface area contributed by atoms with Crippen molar-refractivity contribution in [2.45, 2.75) is 6.54 Å². The molecule has 0 N–H and O–H groups in total. The smallest absolute Gasteiger partial charge is 0.109 e. The Bertz CT molecular complexity index is 571. The van der Waals surface area contributed by atoms with Gasteiger partial charge in [-0.05, 0) is 6.07 Å². The predicted molar refractivity (Wildman–Crippen MR) is 56.5 cm³/mol. The van der Waals surface area contributed by atoms with Crippen molar-refractivity contribution in [2.24, 2.45) is 0 Å². The van der Waals surface area contributed by atoms with Gasteiger partial charge >= 0.3 is 0 Å². The standard InChI is InChI=1S/C9H7N5S/c1-2-7(6-14-5-4-10-13-14)9-8(3-1)11-15-12-9/h1-5H,6H2. The Balaban J connectivity index is 2.07. The van der Waals surface area contributed by atoms with Crippen LogP contribution in [-0.4, -0.2) is 23.7 Å². The minimum atomic E-state index is 0.683. The second-order valence-electron chi connectivity index (χ2n) is 3.15. The second-order valence-corrected chi connectivity index (χ2v) is 3.68. The van der Waals surface area contributed by atoms with Gasteiger partial charge in [0.2, 0.25) is 0 Å². The van der Waals surface area contributed by atoms with Crippen LogP contribution >= 0.6 is 11.7 Å². The van der Waals surface area contributed by atoms with Crippen molar-refractivity contribution in [1.29, 1.82) is 0 Å². The lowest BCUT2D eigenvalue weighted by molar-refractivity contribution is 0.652. The summed E-state index contributed by atoms with van der Waals surface area (Å²) >= 11 is 1.23. The lowest BCUT2D eigenvalue weighted by Gasteiger charge is -2.00. The molecule has 0 fully saturated rings. The van der Waals surface area contributed by atoms with E-state index in [1.807, 2.05) is 24.4 Å². The second kappa shape index (κ2) is 3.39. The van der Waals surface area contributed by atoms with Crippen LogP contribution in [0, 0.1) is 0 Å². The molecule has 0 radical (unpaired) electrons. The molecule has 0 bridgehead atoms. The molecule has 0 saturated carbocycles. The molecule has 2 heterocycles. The van der Waals surface area contributed by atoms with Gasteiger partial charge in [-0.15, -0.1) is 5.10 Å². The van der Waals surface area contributed by atoms with E-state index in [4.69, 9.17) is 0 Å². The largest absolute Gasteiger partial charge is 0.248 e. The van der Waals surface area contributed by atoms with Crippen molar-refractivity contribution in [3.05, 3.63) is 36.2 Å². The summed E-state index contributed by atoms with van der Waals surface area (Å²) in [4.78, 5) is 0. The van der Waals surface area contributed by atoms with Crippen molar-refractivity contribution in [1.82, 2.24) is 23.7 Å². The molecular weight excluding hydrogens is 210 g/mol. The lowest BCUT2D eigenvalue weighted by atomic mass is 10.2. The molecule has 0 spiro atoms. The number of hydrogen-bond donors (Lipinski definition) is 0. The third-order valence-electron chi connectivity index (χ3n) is 2.17. The normalized spacial score (nSPS) is 10.9. The van der Waals surface area contributed by atoms with Gasteiger partial charge in [-0.25, -0.2) is 4.68 Å². The number of hydrogen-bond acceptors (Lipinski definition) is 5. The predicted octanol–water partition coefficient (Wildman–Crippen LogP) is 1.33. The molecule has 15 heavy (non-hydrogen) atoms. The van der Waals surface area contributed by atoms with Gasteiger partial charge in [0, 0.05) is 11.8 Å². The van der Waals surface area contributed by atoms with Crippen LogP contribution in [0.25, 0.3) is 11.0 Å². The molecule has 6 heteroatoms.